The second-order valence-corrected chi connectivity index (χ2v) is 4.10. The standard InChI is InChI=1S/C11H14N2/c1-7-11(2,3)9-5-4-8(12)6-10(9)13-7/h4-6H,12H2,1-3H3. The van der Waals surface area contributed by atoms with Crippen LogP contribution in [0, 0.1) is 0 Å². The lowest BCUT2D eigenvalue weighted by atomic mass is 9.82. The molecular formula is C11H14N2. The van der Waals surface area contributed by atoms with E-state index in [2.05, 4.69) is 31.8 Å². The third kappa shape index (κ3) is 1.05. The number of nitrogens with two attached hydrogens (primary N) is 1. The molecule has 0 saturated heterocycles. The number of nitrogens with zero attached hydrogens (tertiary/aromatic N) is 1. The molecule has 0 unspecified atom stereocenters. The average Bonchev–Trinajstić information content (AvgIpc) is 2.23. The van der Waals surface area contributed by atoms with Crippen molar-refractivity contribution in [1.82, 2.24) is 0 Å². The molecule has 2 nitrogen and oxygen atoms in total. The zero-order valence-electron chi connectivity index (χ0n) is 8.26. The van der Waals surface area contributed by atoms with Gasteiger partial charge in [-0.15, -0.1) is 0 Å². The molecule has 0 aromatic heterocycles. The fourth-order valence-electron chi connectivity index (χ4n) is 1.69. The maximum Gasteiger partial charge on any atom is 0.0691 e. The molecule has 1 heterocycles. The van der Waals surface area contributed by atoms with Crippen LogP contribution < -0.4 is 5.73 Å². The van der Waals surface area contributed by atoms with Crippen molar-refractivity contribution in [2.75, 3.05) is 5.73 Å². The van der Waals surface area contributed by atoms with Gasteiger partial charge in [-0.25, -0.2) is 0 Å². The van der Waals surface area contributed by atoms with E-state index in [-0.39, 0.29) is 5.41 Å². The summed E-state index contributed by atoms with van der Waals surface area (Å²) in [5.41, 5.74) is 10.0. The number of anilines is 1. The van der Waals surface area contributed by atoms with Crippen LogP contribution in [-0.2, 0) is 5.41 Å². The minimum Gasteiger partial charge on any atom is -0.399 e. The first kappa shape index (κ1) is 8.30. The summed E-state index contributed by atoms with van der Waals surface area (Å²) in [6, 6.07) is 5.95. The van der Waals surface area contributed by atoms with Gasteiger partial charge in [0.1, 0.15) is 0 Å². The van der Waals surface area contributed by atoms with Crippen molar-refractivity contribution in [2.45, 2.75) is 26.2 Å². The Morgan fingerprint density at radius 3 is 2.69 bits per heavy atom. The molecule has 1 aliphatic heterocycles. The minimum absolute atomic E-state index is 0.0725. The summed E-state index contributed by atoms with van der Waals surface area (Å²) in [5, 5.41) is 0. The topological polar surface area (TPSA) is 38.4 Å². The lowest BCUT2D eigenvalue weighted by Crippen LogP contribution is -2.22. The van der Waals surface area contributed by atoms with E-state index in [4.69, 9.17) is 5.73 Å². The van der Waals surface area contributed by atoms with Gasteiger partial charge in [0.15, 0.2) is 0 Å². The zero-order valence-corrected chi connectivity index (χ0v) is 8.26. The van der Waals surface area contributed by atoms with Crippen LogP contribution in [-0.4, -0.2) is 5.71 Å². The van der Waals surface area contributed by atoms with Crippen molar-refractivity contribution < 1.29 is 0 Å². The van der Waals surface area contributed by atoms with Crippen LogP contribution in [0.2, 0.25) is 0 Å². The number of rotatable bonds is 0. The fourth-order valence-corrected chi connectivity index (χ4v) is 1.69. The Morgan fingerprint density at radius 2 is 2.00 bits per heavy atom. The average molecular weight is 174 g/mol. The quantitative estimate of drug-likeness (QED) is 0.603. The van der Waals surface area contributed by atoms with E-state index in [0.717, 1.165) is 17.1 Å². The van der Waals surface area contributed by atoms with Crippen molar-refractivity contribution in [3.05, 3.63) is 23.8 Å². The number of hydrogen-bond acceptors (Lipinski definition) is 2. The molecule has 0 fully saturated rings. The van der Waals surface area contributed by atoms with Crippen LogP contribution >= 0.6 is 0 Å². The van der Waals surface area contributed by atoms with Crippen LogP contribution in [0.1, 0.15) is 26.3 Å². The van der Waals surface area contributed by atoms with Gasteiger partial charge in [-0.3, -0.25) is 4.99 Å². The summed E-state index contributed by atoms with van der Waals surface area (Å²) in [7, 11) is 0. The Labute approximate surface area is 78.5 Å². The molecule has 0 bridgehead atoms. The molecule has 1 aromatic carbocycles. The smallest absolute Gasteiger partial charge is 0.0691 e. The van der Waals surface area contributed by atoms with Gasteiger partial charge in [0.05, 0.1) is 5.69 Å². The largest absolute Gasteiger partial charge is 0.399 e. The van der Waals surface area contributed by atoms with Crippen LogP contribution in [0.3, 0.4) is 0 Å². The molecule has 1 aromatic rings. The molecule has 0 saturated carbocycles. The third-order valence-electron chi connectivity index (χ3n) is 2.89. The molecule has 0 spiro atoms. The molecule has 0 atom stereocenters. The van der Waals surface area contributed by atoms with E-state index in [1.807, 2.05) is 12.1 Å². The first-order valence-corrected chi connectivity index (χ1v) is 4.47. The van der Waals surface area contributed by atoms with Crippen LogP contribution in [0.5, 0.6) is 0 Å². The van der Waals surface area contributed by atoms with Gasteiger partial charge in [-0.1, -0.05) is 19.9 Å². The van der Waals surface area contributed by atoms with Crippen molar-refractivity contribution in [2.24, 2.45) is 4.99 Å². The summed E-state index contributed by atoms with van der Waals surface area (Å²) in [5.74, 6) is 0. The zero-order chi connectivity index (χ0) is 9.64. The van der Waals surface area contributed by atoms with Crippen LogP contribution in [0.15, 0.2) is 23.2 Å². The van der Waals surface area contributed by atoms with Crippen LogP contribution in [0.4, 0.5) is 11.4 Å². The van der Waals surface area contributed by atoms with E-state index < -0.39 is 0 Å². The highest BCUT2D eigenvalue weighted by Gasteiger charge is 2.31. The highest BCUT2D eigenvalue weighted by molar-refractivity contribution is 5.99. The molecule has 2 N–H and O–H groups in total. The summed E-state index contributed by atoms with van der Waals surface area (Å²) < 4.78 is 0. The van der Waals surface area contributed by atoms with Crippen LogP contribution in [0.25, 0.3) is 0 Å². The third-order valence-corrected chi connectivity index (χ3v) is 2.89. The van der Waals surface area contributed by atoms with Gasteiger partial charge < -0.3 is 5.73 Å². The number of fused-ring (bicyclic) bond motifs is 1. The summed E-state index contributed by atoms with van der Waals surface area (Å²) in [6.45, 7) is 6.44. The van der Waals surface area contributed by atoms with E-state index >= 15 is 0 Å². The van der Waals surface area contributed by atoms with Gasteiger partial charge in [-0.2, -0.15) is 0 Å². The molecule has 0 radical (unpaired) electrons. The molecule has 68 valence electrons. The molecular weight excluding hydrogens is 160 g/mol. The van der Waals surface area contributed by atoms with E-state index in [9.17, 15) is 0 Å². The monoisotopic (exact) mass is 174 g/mol. The predicted molar refractivity (Wildman–Crippen MR) is 56.6 cm³/mol. The normalized spacial score (nSPS) is 18.2. The SMILES string of the molecule is CC1=Nc2cc(N)ccc2C1(C)C. The summed E-state index contributed by atoms with van der Waals surface area (Å²) in [6.07, 6.45) is 0. The minimum atomic E-state index is 0.0725. The number of aliphatic imine (C=N–C) groups is 1. The molecule has 0 aliphatic carbocycles. The predicted octanol–water partition coefficient (Wildman–Crippen LogP) is 2.65. The highest BCUT2D eigenvalue weighted by atomic mass is 14.8. The highest BCUT2D eigenvalue weighted by Crippen LogP contribution is 2.40. The van der Waals surface area contributed by atoms with Crippen molar-refractivity contribution in [3.63, 3.8) is 0 Å². The Kier molecular flexibility index (Phi) is 1.50. The number of hydrogen-bond donors (Lipinski definition) is 1. The van der Waals surface area contributed by atoms with E-state index in [0.29, 0.717) is 0 Å². The lowest BCUT2D eigenvalue weighted by molar-refractivity contribution is 0.733. The van der Waals surface area contributed by atoms with Gasteiger partial charge in [0.2, 0.25) is 0 Å². The second kappa shape index (κ2) is 2.34. The molecule has 0 amide bonds. The fraction of sp³-hybridized carbons (Fsp3) is 0.364. The summed E-state index contributed by atoms with van der Waals surface area (Å²) >= 11 is 0. The first-order valence-electron chi connectivity index (χ1n) is 4.47. The first-order chi connectivity index (χ1) is 6.01. The van der Waals surface area contributed by atoms with Crippen molar-refractivity contribution >= 4 is 17.1 Å². The Morgan fingerprint density at radius 1 is 1.31 bits per heavy atom. The molecule has 1 aliphatic rings. The Balaban J connectivity index is 2.65. The van der Waals surface area contributed by atoms with E-state index in [1.165, 1.54) is 5.56 Å². The van der Waals surface area contributed by atoms with Crippen molar-refractivity contribution in [3.8, 4) is 0 Å². The Bertz CT molecular complexity index is 389. The number of nitrogen functional groups attached to an aromatic ring is 1. The number of benzene rings is 1. The maximum atomic E-state index is 5.70. The Hall–Kier alpha value is -1.31. The van der Waals surface area contributed by atoms with Gasteiger partial charge in [0.25, 0.3) is 0 Å². The van der Waals surface area contributed by atoms with E-state index in [1.54, 1.807) is 0 Å². The van der Waals surface area contributed by atoms with Gasteiger partial charge >= 0.3 is 0 Å². The summed E-state index contributed by atoms with van der Waals surface area (Å²) in [4.78, 5) is 4.50. The maximum absolute atomic E-state index is 5.70. The van der Waals surface area contributed by atoms with Gasteiger partial charge in [0, 0.05) is 16.8 Å². The van der Waals surface area contributed by atoms with Gasteiger partial charge in [-0.05, 0) is 24.6 Å². The molecule has 2 rings (SSSR count). The molecule has 13 heavy (non-hydrogen) atoms. The lowest BCUT2D eigenvalue weighted by Gasteiger charge is -2.19. The van der Waals surface area contributed by atoms with Crippen molar-refractivity contribution in [1.29, 1.82) is 0 Å². The molecule has 2 heteroatoms. The second-order valence-electron chi connectivity index (χ2n) is 4.10.